The Bertz CT molecular complexity index is 1060. The summed E-state index contributed by atoms with van der Waals surface area (Å²) >= 11 is 0. The van der Waals surface area contributed by atoms with E-state index >= 15 is 0 Å². The van der Waals surface area contributed by atoms with E-state index < -0.39 is 16.9 Å². The van der Waals surface area contributed by atoms with Crippen molar-refractivity contribution in [2.75, 3.05) is 0 Å². The molecule has 148 valence electrons. The van der Waals surface area contributed by atoms with Crippen molar-refractivity contribution in [1.82, 2.24) is 0 Å². The third-order valence-electron chi connectivity index (χ3n) is 3.82. The summed E-state index contributed by atoms with van der Waals surface area (Å²) < 4.78 is 15.7. The number of nitro groups is 1. The first-order chi connectivity index (χ1) is 13.8. The summed E-state index contributed by atoms with van der Waals surface area (Å²) in [4.78, 5) is 37.8. The van der Waals surface area contributed by atoms with Crippen molar-refractivity contribution < 1.29 is 28.7 Å². The fraction of sp³-hybridized carbons (Fsp3) is 0.150. The zero-order valence-corrected chi connectivity index (χ0v) is 15.6. The van der Waals surface area contributed by atoms with Crippen molar-refractivity contribution in [3.05, 3.63) is 69.4 Å². The quantitative estimate of drug-likeness (QED) is 0.241. The highest BCUT2D eigenvalue weighted by Gasteiger charge is 2.20. The van der Waals surface area contributed by atoms with Crippen molar-refractivity contribution in [2.24, 2.45) is 4.99 Å². The highest BCUT2D eigenvalue weighted by atomic mass is 16.6. The lowest BCUT2D eigenvalue weighted by Crippen LogP contribution is -2.05. The van der Waals surface area contributed by atoms with Crippen LogP contribution in [0.1, 0.15) is 25.0 Å². The van der Waals surface area contributed by atoms with Crippen LogP contribution in [0, 0.1) is 10.1 Å². The maximum absolute atomic E-state index is 11.7. The van der Waals surface area contributed by atoms with Crippen LogP contribution >= 0.6 is 0 Å². The Hall–Kier alpha value is -4.01. The van der Waals surface area contributed by atoms with Gasteiger partial charge in [0.15, 0.2) is 23.1 Å². The molecule has 0 bridgehead atoms. The average Bonchev–Trinajstić information content (AvgIpc) is 2.98. The van der Waals surface area contributed by atoms with E-state index in [1.807, 2.05) is 0 Å². The Morgan fingerprint density at radius 3 is 2.66 bits per heavy atom. The second-order valence-corrected chi connectivity index (χ2v) is 6.02. The van der Waals surface area contributed by atoms with Crippen LogP contribution in [-0.4, -0.2) is 22.8 Å². The van der Waals surface area contributed by atoms with Crippen molar-refractivity contribution in [2.45, 2.75) is 20.5 Å². The lowest BCUT2D eigenvalue weighted by molar-refractivity contribution is -0.385. The van der Waals surface area contributed by atoms with E-state index in [1.54, 1.807) is 31.2 Å². The zero-order chi connectivity index (χ0) is 21.0. The lowest BCUT2D eigenvalue weighted by atomic mass is 10.1. The van der Waals surface area contributed by atoms with Crippen molar-refractivity contribution in [1.29, 1.82) is 0 Å². The molecule has 0 fully saturated rings. The molecule has 3 rings (SSSR count). The van der Waals surface area contributed by atoms with Gasteiger partial charge < -0.3 is 14.2 Å². The lowest BCUT2D eigenvalue weighted by Gasteiger charge is -2.12. The number of para-hydroxylation sites is 1. The van der Waals surface area contributed by atoms with Crippen LogP contribution in [0.3, 0.4) is 0 Å². The topological polar surface area (TPSA) is 117 Å². The molecule has 9 heteroatoms. The molecule has 0 spiro atoms. The number of nitrogens with zero attached hydrogens (tertiary/aromatic N) is 2. The first-order valence-electron chi connectivity index (χ1n) is 8.50. The minimum absolute atomic E-state index is 0.0849. The molecule has 2 aromatic rings. The van der Waals surface area contributed by atoms with Gasteiger partial charge >= 0.3 is 11.9 Å². The van der Waals surface area contributed by atoms with Gasteiger partial charge in [0.05, 0.1) is 10.5 Å². The first-order valence-corrected chi connectivity index (χ1v) is 8.50. The van der Waals surface area contributed by atoms with Crippen LogP contribution in [-0.2, 0) is 20.9 Å². The van der Waals surface area contributed by atoms with Crippen molar-refractivity contribution >= 4 is 29.6 Å². The van der Waals surface area contributed by atoms with Crippen molar-refractivity contribution in [3.8, 4) is 11.5 Å². The number of benzene rings is 2. The summed E-state index contributed by atoms with van der Waals surface area (Å²) in [6, 6.07) is 10.8. The van der Waals surface area contributed by atoms with Gasteiger partial charge in [-0.3, -0.25) is 14.9 Å². The van der Waals surface area contributed by atoms with Gasteiger partial charge in [0.1, 0.15) is 6.61 Å². The second-order valence-electron chi connectivity index (χ2n) is 6.02. The second kappa shape index (κ2) is 8.34. The minimum Gasteiger partial charge on any atom is -0.485 e. The largest absolute Gasteiger partial charge is 0.485 e. The SMILES string of the molecule is CC(=O)Oc1ccc(/C=C2\N=C(C)OC2=O)cc1OCc1ccccc1[N+](=O)[O-]. The highest BCUT2D eigenvalue weighted by molar-refractivity contribution is 6.06. The maximum atomic E-state index is 11.7. The van der Waals surface area contributed by atoms with Gasteiger partial charge in [-0.05, 0) is 29.8 Å². The number of carbonyl (C=O) groups is 2. The van der Waals surface area contributed by atoms with E-state index in [4.69, 9.17) is 14.2 Å². The molecule has 0 aromatic heterocycles. The number of aliphatic imine (C=N–C) groups is 1. The highest BCUT2D eigenvalue weighted by Crippen LogP contribution is 2.31. The number of carbonyl (C=O) groups excluding carboxylic acids is 2. The van der Waals surface area contributed by atoms with Gasteiger partial charge in [0.2, 0.25) is 0 Å². The number of esters is 2. The molecule has 0 aliphatic carbocycles. The fourth-order valence-corrected chi connectivity index (χ4v) is 2.61. The van der Waals surface area contributed by atoms with Crippen LogP contribution < -0.4 is 9.47 Å². The standard InChI is InChI=1S/C20H16N2O7/c1-12-21-16(20(24)28-12)9-14-7-8-18(29-13(2)23)19(10-14)27-11-15-5-3-4-6-17(15)22(25)26/h3-10H,11H2,1-2H3/b16-9-. The molecule has 29 heavy (non-hydrogen) atoms. The van der Waals surface area contributed by atoms with E-state index in [9.17, 15) is 19.7 Å². The Labute approximate surface area is 165 Å². The maximum Gasteiger partial charge on any atom is 0.363 e. The van der Waals surface area contributed by atoms with Crippen LogP contribution in [0.5, 0.6) is 11.5 Å². The summed E-state index contributed by atoms with van der Waals surface area (Å²) in [6.45, 7) is 2.68. The van der Waals surface area contributed by atoms with Crippen LogP contribution in [0.25, 0.3) is 6.08 Å². The van der Waals surface area contributed by atoms with Crippen molar-refractivity contribution in [3.63, 3.8) is 0 Å². The summed E-state index contributed by atoms with van der Waals surface area (Å²) in [5, 5.41) is 11.2. The van der Waals surface area contributed by atoms with E-state index in [-0.39, 0.29) is 35.4 Å². The van der Waals surface area contributed by atoms with Crippen LogP contribution in [0.2, 0.25) is 0 Å². The normalized spacial score (nSPS) is 14.3. The van der Waals surface area contributed by atoms with Gasteiger partial charge in [0, 0.05) is 19.9 Å². The van der Waals surface area contributed by atoms with E-state index in [0.29, 0.717) is 11.1 Å². The molecule has 1 heterocycles. The molecular weight excluding hydrogens is 380 g/mol. The Balaban J connectivity index is 1.91. The molecule has 0 saturated carbocycles. The molecular formula is C20H16N2O7. The van der Waals surface area contributed by atoms with E-state index in [1.165, 1.54) is 31.2 Å². The molecule has 9 nitrogen and oxygen atoms in total. The fourth-order valence-electron chi connectivity index (χ4n) is 2.61. The molecule has 0 saturated heterocycles. The molecule has 1 aliphatic rings. The first kappa shape index (κ1) is 19.7. The summed E-state index contributed by atoms with van der Waals surface area (Å²) in [6.07, 6.45) is 1.49. The molecule has 2 aromatic carbocycles. The third kappa shape index (κ3) is 4.83. The average molecular weight is 396 g/mol. The van der Waals surface area contributed by atoms with Crippen LogP contribution in [0.4, 0.5) is 5.69 Å². The predicted molar refractivity (Wildman–Crippen MR) is 102 cm³/mol. The van der Waals surface area contributed by atoms with E-state index in [0.717, 1.165) is 0 Å². The van der Waals surface area contributed by atoms with Gasteiger partial charge in [0.25, 0.3) is 5.69 Å². The summed E-state index contributed by atoms with van der Waals surface area (Å²) in [7, 11) is 0. The Morgan fingerprint density at radius 1 is 1.24 bits per heavy atom. The summed E-state index contributed by atoms with van der Waals surface area (Å²) in [5.41, 5.74) is 0.934. The van der Waals surface area contributed by atoms with E-state index in [2.05, 4.69) is 4.99 Å². The number of hydrogen-bond acceptors (Lipinski definition) is 8. The van der Waals surface area contributed by atoms with Gasteiger partial charge in [-0.25, -0.2) is 9.79 Å². The molecule has 1 aliphatic heterocycles. The molecule has 0 radical (unpaired) electrons. The Morgan fingerprint density at radius 2 is 2.00 bits per heavy atom. The molecule has 0 amide bonds. The monoisotopic (exact) mass is 396 g/mol. The molecule has 0 N–H and O–H groups in total. The Kier molecular flexibility index (Phi) is 5.68. The van der Waals surface area contributed by atoms with Crippen LogP contribution in [0.15, 0.2) is 53.2 Å². The minimum atomic E-state index is -0.575. The number of hydrogen-bond donors (Lipinski definition) is 0. The number of ether oxygens (including phenoxy) is 3. The smallest absolute Gasteiger partial charge is 0.363 e. The molecule has 0 unspecified atom stereocenters. The zero-order valence-electron chi connectivity index (χ0n) is 15.6. The molecule has 0 atom stereocenters. The summed E-state index contributed by atoms with van der Waals surface area (Å²) in [5.74, 6) is -0.558. The predicted octanol–water partition coefficient (Wildman–Crippen LogP) is 3.42. The third-order valence-corrected chi connectivity index (χ3v) is 3.82. The van der Waals surface area contributed by atoms with Gasteiger partial charge in [-0.1, -0.05) is 18.2 Å². The van der Waals surface area contributed by atoms with Gasteiger partial charge in [-0.15, -0.1) is 0 Å². The number of nitro benzene ring substituents is 1. The number of rotatable bonds is 6. The number of cyclic esters (lactones) is 1. The van der Waals surface area contributed by atoms with Gasteiger partial charge in [-0.2, -0.15) is 0 Å².